The molecule has 1 aromatic rings. The standard InChI is InChI=1S/C16H22O3/c1-3-4-9-18-15-10-13(6-5-12(15)2)14-7-8-16(17)19-11-14/h5-6,10,14H,3-4,7-9,11H2,1-2H3/t14-/m1/s1. The molecular weight excluding hydrogens is 240 g/mol. The first kappa shape index (κ1) is 13.9. The van der Waals surface area contributed by atoms with Gasteiger partial charge in [-0.1, -0.05) is 25.5 Å². The summed E-state index contributed by atoms with van der Waals surface area (Å²) in [6.45, 7) is 5.48. The minimum absolute atomic E-state index is 0.0808. The lowest BCUT2D eigenvalue weighted by molar-refractivity contribution is -0.147. The highest BCUT2D eigenvalue weighted by molar-refractivity contribution is 5.70. The van der Waals surface area contributed by atoms with Gasteiger partial charge in [-0.3, -0.25) is 4.79 Å². The van der Waals surface area contributed by atoms with E-state index in [-0.39, 0.29) is 5.97 Å². The second-order valence-corrected chi connectivity index (χ2v) is 5.15. The number of rotatable bonds is 5. The highest BCUT2D eigenvalue weighted by Gasteiger charge is 2.21. The lowest BCUT2D eigenvalue weighted by Crippen LogP contribution is -2.20. The maximum absolute atomic E-state index is 11.1. The number of unbranched alkanes of at least 4 members (excludes halogenated alkanes) is 1. The van der Waals surface area contributed by atoms with Crippen molar-refractivity contribution in [3.05, 3.63) is 29.3 Å². The van der Waals surface area contributed by atoms with E-state index >= 15 is 0 Å². The molecule has 0 radical (unpaired) electrons. The van der Waals surface area contributed by atoms with Crippen molar-refractivity contribution >= 4 is 5.97 Å². The van der Waals surface area contributed by atoms with Gasteiger partial charge in [0.2, 0.25) is 0 Å². The summed E-state index contributed by atoms with van der Waals surface area (Å²) >= 11 is 0. The third kappa shape index (κ3) is 3.72. The number of hydrogen-bond donors (Lipinski definition) is 0. The van der Waals surface area contributed by atoms with E-state index in [4.69, 9.17) is 9.47 Å². The Morgan fingerprint density at radius 2 is 2.26 bits per heavy atom. The Balaban J connectivity index is 2.05. The summed E-state index contributed by atoms with van der Waals surface area (Å²) in [4.78, 5) is 11.1. The SMILES string of the molecule is CCCCOc1cc([C@@H]2CCC(=O)OC2)ccc1C. The molecule has 1 fully saturated rings. The van der Waals surface area contributed by atoms with Crippen LogP contribution in [0.15, 0.2) is 18.2 Å². The molecule has 1 aliphatic heterocycles. The molecular formula is C16H22O3. The van der Waals surface area contributed by atoms with E-state index in [2.05, 4.69) is 32.0 Å². The zero-order chi connectivity index (χ0) is 13.7. The first-order chi connectivity index (χ1) is 9.20. The van der Waals surface area contributed by atoms with Gasteiger partial charge >= 0.3 is 5.97 Å². The molecule has 0 unspecified atom stereocenters. The molecule has 1 saturated heterocycles. The highest BCUT2D eigenvalue weighted by Crippen LogP contribution is 2.30. The maximum atomic E-state index is 11.1. The monoisotopic (exact) mass is 262 g/mol. The molecule has 104 valence electrons. The van der Waals surface area contributed by atoms with Crippen LogP contribution in [0.1, 0.15) is 49.7 Å². The predicted octanol–water partition coefficient (Wildman–Crippen LogP) is 3.59. The van der Waals surface area contributed by atoms with Crippen LogP contribution in [-0.2, 0) is 9.53 Å². The van der Waals surface area contributed by atoms with Crippen LogP contribution in [0.4, 0.5) is 0 Å². The number of hydrogen-bond acceptors (Lipinski definition) is 3. The number of carbonyl (C=O) groups is 1. The van der Waals surface area contributed by atoms with Gasteiger partial charge in [0.15, 0.2) is 0 Å². The van der Waals surface area contributed by atoms with Gasteiger partial charge in [-0.15, -0.1) is 0 Å². The first-order valence-corrected chi connectivity index (χ1v) is 7.09. The molecule has 0 N–H and O–H groups in total. The van der Waals surface area contributed by atoms with Crippen molar-refractivity contribution < 1.29 is 14.3 Å². The van der Waals surface area contributed by atoms with E-state index in [1.54, 1.807) is 0 Å². The molecule has 2 rings (SSSR count). The Morgan fingerprint density at radius 3 is 2.95 bits per heavy atom. The molecule has 0 saturated carbocycles. The van der Waals surface area contributed by atoms with Gasteiger partial charge in [0, 0.05) is 12.3 Å². The quantitative estimate of drug-likeness (QED) is 0.601. The van der Waals surface area contributed by atoms with Crippen LogP contribution in [-0.4, -0.2) is 19.2 Å². The molecule has 0 spiro atoms. The minimum atomic E-state index is -0.0808. The van der Waals surface area contributed by atoms with Gasteiger partial charge < -0.3 is 9.47 Å². The normalized spacial score (nSPS) is 19.1. The van der Waals surface area contributed by atoms with Crippen LogP contribution in [0.5, 0.6) is 5.75 Å². The Morgan fingerprint density at radius 1 is 1.42 bits per heavy atom. The summed E-state index contributed by atoms with van der Waals surface area (Å²) in [5.41, 5.74) is 2.37. The first-order valence-electron chi connectivity index (χ1n) is 7.09. The number of esters is 1. The maximum Gasteiger partial charge on any atom is 0.305 e. The van der Waals surface area contributed by atoms with Crippen molar-refractivity contribution in [1.82, 2.24) is 0 Å². The van der Waals surface area contributed by atoms with Crippen molar-refractivity contribution in [2.24, 2.45) is 0 Å². The van der Waals surface area contributed by atoms with Crippen LogP contribution in [0, 0.1) is 6.92 Å². The zero-order valence-corrected chi connectivity index (χ0v) is 11.8. The number of carbonyl (C=O) groups excluding carboxylic acids is 1. The van der Waals surface area contributed by atoms with E-state index in [0.717, 1.165) is 37.2 Å². The van der Waals surface area contributed by atoms with Gasteiger partial charge in [0.1, 0.15) is 5.75 Å². The van der Waals surface area contributed by atoms with Crippen molar-refractivity contribution in [2.45, 2.75) is 45.4 Å². The van der Waals surface area contributed by atoms with E-state index in [1.807, 2.05) is 0 Å². The fourth-order valence-electron chi connectivity index (χ4n) is 2.26. The third-order valence-corrected chi connectivity index (χ3v) is 3.58. The lowest BCUT2D eigenvalue weighted by atomic mass is 9.92. The van der Waals surface area contributed by atoms with Crippen molar-refractivity contribution in [1.29, 1.82) is 0 Å². The molecule has 0 aromatic heterocycles. The van der Waals surface area contributed by atoms with Crippen LogP contribution >= 0.6 is 0 Å². The lowest BCUT2D eigenvalue weighted by Gasteiger charge is -2.22. The molecule has 0 aliphatic carbocycles. The summed E-state index contributed by atoms with van der Waals surface area (Å²) in [7, 11) is 0. The van der Waals surface area contributed by atoms with Crippen LogP contribution in [0.2, 0.25) is 0 Å². The fourth-order valence-corrected chi connectivity index (χ4v) is 2.26. The number of ether oxygens (including phenoxy) is 2. The molecule has 1 aromatic carbocycles. The molecule has 19 heavy (non-hydrogen) atoms. The van der Waals surface area contributed by atoms with Gasteiger partial charge in [0.25, 0.3) is 0 Å². The van der Waals surface area contributed by atoms with E-state index in [1.165, 1.54) is 5.56 Å². The smallest absolute Gasteiger partial charge is 0.305 e. The Labute approximate surface area is 114 Å². The molecule has 3 heteroatoms. The van der Waals surface area contributed by atoms with Crippen molar-refractivity contribution in [2.75, 3.05) is 13.2 Å². The number of aryl methyl sites for hydroxylation is 1. The molecule has 1 heterocycles. The topological polar surface area (TPSA) is 35.5 Å². The van der Waals surface area contributed by atoms with Gasteiger partial charge in [-0.05, 0) is 37.0 Å². The number of benzene rings is 1. The second kappa shape index (κ2) is 6.60. The summed E-state index contributed by atoms with van der Waals surface area (Å²) in [5.74, 6) is 1.19. The Bertz CT molecular complexity index is 430. The van der Waals surface area contributed by atoms with Gasteiger partial charge in [0.05, 0.1) is 13.2 Å². The third-order valence-electron chi connectivity index (χ3n) is 3.58. The average molecular weight is 262 g/mol. The van der Waals surface area contributed by atoms with E-state index in [0.29, 0.717) is 18.9 Å². The molecule has 1 atom stereocenters. The molecule has 0 amide bonds. The summed E-state index contributed by atoms with van der Waals surface area (Å²) in [5, 5.41) is 0. The predicted molar refractivity (Wildman–Crippen MR) is 74.5 cm³/mol. The summed E-state index contributed by atoms with van der Waals surface area (Å²) < 4.78 is 11.0. The average Bonchev–Trinajstić information content (AvgIpc) is 2.42. The largest absolute Gasteiger partial charge is 0.493 e. The minimum Gasteiger partial charge on any atom is -0.493 e. The van der Waals surface area contributed by atoms with Gasteiger partial charge in [-0.25, -0.2) is 0 Å². The van der Waals surface area contributed by atoms with E-state index < -0.39 is 0 Å². The second-order valence-electron chi connectivity index (χ2n) is 5.15. The van der Waals surface area contributed by atoms with Crippen LogP contribution in [0.25, 0.3) is 0 Å². The van der Waals surface area contributed by atoms with Crippen LogP contribution < -0.4 is 4.74 Å². The molecule has 0 bridgehead atoms. The van der Waals surface area contributed by atoms with Gasteiger partial charge in [-0.2, -0.15) is 0 Å². The Kier molecular flexibility index (Phi) is 4.83. The zero-order valence-electron chi connectivity index (χ0n) is 11.8. The molecule has 3 nitrogen and oxygen atoms in total. The van der Waals surface area contributed by atoms with Crippen LogP contribution in [0.3, 0.4) is 0 Å². The highest BCUT2D eigenvalue weighted by atomic mass is 16.5. The van der Waals surface area contributed by atoms with Crippen molar-refractivity contribution in [3.63, 3.8) is 0 Å². The van der Waals surface area contributed by atoms with Crippen molar-refractivity contribution in [3.8, 4) is 5.75 Å². The fraction of sp³-hybridized carbons (Fsp3) is 0.562. The number of cyclic esters (lactones) is 1. The van der Waals surface area contributed by atoms with E-state index in [9.17, 15) is 4.79 Å². The Hall–Kier alpha value is -1.51. The summed E-state index contributed by atoms with van der Waals surface area (Å²) in [6, 6.07) is 6.31. The summed E-state index contributed by atoms with van der Waals surface area (Å²) in [6.07, 6.45) is 3.60. The molecule has 1 aliphatic rings.